The van der Waals surface area contributed by atoms with Gasteiger partial charge in [0.25, 0.3) is 0 Å². The lowest BCUT2D eigenvalue weighted by atomic mass is 10.2. The number of nitrogens with one attached hydrogen (secondary N) is 2. The molecule has 0 bridgehead atoms. The summed E-state index contributed by atoms with van der Waals surface area (Å²) in [5, 5.41) is 9.20. The van der Waals surface area contributed by atoms with Crippen LogP contribution < -0.4 is 10.6 Å². The van der Waals surface area contributed by atoms with E-state index >= 15 is 0 Å². The second-order valence-corrected chi connectivity index (χ2v) is 7.07. The van der Waals surface area contributed by atoms with Gasteiger partial charge in [-0.15, -0.1) is 23.1 Å². The van der Waals surface area contributed by atoms with E-state index in [2.05, 4.69) is 29.0 Å². The van der Waals surface area contributed by atoms with Crippen LogP contribution in [0.4, 0.5) is 0 Å². The Morgan fingerprint density at radius 3 is 3.00 bits per heavy atom. The molecule has 1 aliphatic rings. The van der Waals surface area contributed by atoms with E-state index in [-0.39, 0.29) is 11.9 Å². The predicted octanol–water partition coefficient (Wildman–Crippen LogP) is 2.80. The summed E-state index contributed by atoms with van der Waals surface area (Å²) in [6.07, 6.45) is 3.31. The molecule has 1 saturated heterocycles. The Hall–Kier alpha value is -0.520. The third-order valence-corrected chi connectivity index (χ3v) is 5.72. The molecule has 1 aromatic heterocycles. The van der Waals surface area contributed by atoms with Crippen molar-refractivity contribution in [1.29, 1.82) is 0 Å². The molecule has 2 heterocycles. The van der Waals surface area contributed by atoms with E-state index in [9.17, 15) is 4.79 Å². The van der Waals surface area contributed by atoms with E-state index in [0.717, 1.165) is 19.5 Å². The maximum absolute atomic E-state index is 12.0. The van der Waals surface area contributed by atoms with Crippen LogP contribution in [0, 0.1) is 0 Å². The second-order valence-electron chi connectivity index (χ2n) is 4.80. The number of hydrogen-bond acceptors (Lipinski definition) is 4. The van der Waals surface area contributed by atoms with Crippen LogP contribution in [-0.4, -0.2) is 30.0 Å². The molecule has 2 rings (SSSR count). The first-order chi connectivity index (χ1) is 9.29. The highest BCUT2D eigenvalue weighted by atomic mass is 32.2. The first-order valence-electron chi connectivity index (χ1n) is 6.94. The standard InChI is InChI=1S/C14H22N2OS2/c1-2-12(13-4-3-9-18-13)16-14(17)10-19-11-5-7-15-8-6-11/h3-4,9,11-12,15H,2,5-8,10H2,1H3,(H,16,17). The summed E-state index contributed by atoms with van der Waals surface area (Å²) in [6.45, 7) is 4.29. The van der Waals surface area contributed by atoms with Gasteiger partial charge in [-0.1, -0.05) is 13.0 Å². The number of thioether (sulfide) groups is 1. The molecule has 1 atom stereocenters. The van der Waals surface area contributed by atoms with Crippen LogP contribution in [0.3, 0.4) is 0 Å². The van der Waals surface area contributed by atoms with Crippen molar-refractivity contribution in [2.24, 2.45) is 0 Å². The van der Waals surface area contributed by atoms with Gasteiger partial charge in [0.1, 0.15) is 0 Å². The Morgan fingerprint density at radius 1 is 1.58 bits per heavy atom. The Labute approximate surface area is 123 Å². The Bertz CT molecular complexity index is 375. The van der Waals surface area contributed by atoms with E-state index in [1.807, 2.05) is 6.07 Å². The second kappa shape index (κ2) is 7.92. The summed E-state index contributed by atoms with van der Waals surface area (Å²) >= 11 is 3.52. The monoisotopic (exact) mass is 298 g/mol. The van der Waals surface area contributed by atoms with E-state index < -0.39 is 0 Å². The summed E-state index contributed by atoms with van der Waals surface area (Å²) in [7, 11) is 0. The van der Waals surface area contributed by atoms with Crippen molar-refractivity contribution in [3.05, 3.63) is 22.4 Å². The molecule has 0 radical (unpaired) electrons. The summed E-state index contributed by atoms with van der Waals surface area (Å²) in [4.78, 5) is 13.3. The van der Waals surface area contributed by atoms with E-state index in [1.165, 1.54) is 17.7 Å². The minimum atomic E-state index is 0.170. The molecule has 1 aliphatic heterocycles. The molecule has 1 amide bonds. The van der Waals surface area contributed by atoms with Crippen molar-refractivity contribution < 1.29 is 4.79 Å². The van der Waals surface area contributed by atoms with E-state index in [4.69, 9.17) is 0 Å². The largest absolute Gasteiger partial charge is 0.348 e. The number of rotatable bonds is 6. The van der Waals surface area contributed by atoms with Gasteiger partial charge >= 0.3 is 0 Å². The lowest BCUT2D eigenvalue weighted by molar-refractivity contribution is -0.119. The molecule has 0 saturated carbocycles. The minimum absolute atomic E-state index is 0.170. The van der Waals surface area contributed by atoms with Crippen molar-refractivity contribution in [2.75, 3.05) is 18.8 Å². The summed E-state index contributed by atoms with van der Waals surface area (Å²) < 4.78 is 0. The lowest BCUT2D eigenvalue weighted by Gasteiger charge is -2.22. The molecule has 106 valence electrons. The molecular weight excluding hydrogens is 276 g/mol. The zero-order chi connectivity index (χ0) is 13.5. The van der Waals surface area contributed by atoms with Gasteiger partial charge in [0.2, 0.25) is 5.91 Å². The van der Waals surface area contributed by atoms with Crippen molar-refractivity contribution in [2.45, 2.75) is 37.5 Å². The molecule has 1 fully saturated rings. The quantitative estimate of drug-likeness (QED) is 0.848. The third-order valence-electron chi connectivity index (χ3n) is 3.37. The number of piperidine rings is 1. The highest BCUT2D eigenvalue weighted by Crippen LogP contribution is 2.23. The van der Waals surface area contributed by atoms with Gasteiger partial charge in [0, 0.05) is 10.1 Å². The molecule has 5 heteroatoms. The van der Waals surface area contributed by atoms with E-state index in [1.54, 1.807) is 23.1 Å². The number of carbonyl (C=O) groups is 1. The third kappa shape index (κ3) is 4.82. The molecule has 19 heavy (non-hydrogen) atoms. The summed E-state index contributed by atoms with van der Waals surface area (Å²) in [6, 6.07) is 4.32. The van der Waals surface area contributed by atoms with Crippen molar-refractivity contribution in [3.63, 3.8) is 0 Å². The van der Waals surface area contributed by atoms with Crippen LogP contribution in [0.2, 0.25) is 0 Å². The molecular formula is C14H22N2OS2. The number of hydrogen-bond donors (Lipinski definition) is 2. The van der Waals surface area contributed by atoms with Crippen molar-refractivity contribution >= 4 is 29.0 Å². The zero-order valence-corrected chi connectivity index (χ0v) is 13.0. The summed E-state index contributed by atoms with van der Waals surface area (Å²) in [5.41, 5.74) is 0. The maximum Gasteiger partial charge on any atom is 0.230 e. The molecule has 0 spiro atoms. The number of carbonyl (C=O) groups excluding carboxylic acids is 1. The van der Waals surface area contributed by atoms with Crippen molar-refractivity contribution in [3.8, 4) is 0 Å². The number of amides is 1. The SMILES string of the molecule is CCC(NC(=O)CSC1CCNCC1)c1cccs1. The van der Waals surface area contributed by atoms with Crippen LogP contribution in [0.15, 0.2) is 17.5 Å². The van der Waals surface area contributed by atoms with Crippen molar-refractivity contribution in [1.82, 2.24) is 10.6 Å². The smallest absolute Gasteiger partial charge is 0.230 e. The average molecular weight is 298 g/mol. The number of thiophene rings is 1. The molecule has 1 aromatic rings. The molecule has 0 aliphatic carbocycles. The lowest BCUT2D eigenvalue weighted by Crippen LogP contribution is -2.32. The maximum atomic E-state index is 12.0. The van der Waals surface area contributed by atoms with Gasteiger partial charge in [-0.3, -0.25) is 4.79 Å². The van der Waals surface area contributed by atoms with Gasteiger partial charge in [-0.25, -0.2) is 0 Å². The normalized spacial score (nSPS) is 18.2. The fraction of sp³-hybridized carbons (Fsp3) is 0.643. The zero-order valence-electron chi connectivity index (χ0n) is 11.4. The van der Waals surface area contributed by atoms with E-state index in [0.29, 0.717) is 11.0 Å². The Morgan fingerprint density at radius 2 is 2.37 bits per heavy atom. The van der Waals surface area contributed by atoms with Gasteiger partial charge in [0.15, 0.2) is 0 Å². The topological polar surface area (TPSA) is 41.1 Å². The van der Waals surface area contributed by atoms with Crippen LogP contribution >= 0.6 is 23.1 Å². The predicted molar refractivity (Wildman–Crippen MR) is 83.8 cm³/mol. The Balaban J connectivity index is 1.73. The minimum Gasteiger partial charge on any atom is -0.348 e. The molecule has 0 aromatic carbocycles. The van der Waals surface area contributed by atoms with Crippen LogP contribution in [0.5, 0.6) is 0 Å². The first-order valence-corrected chi connectivity index (χ1v) is 8.87. The highest BCUT2D eigenvalue weighted by Gasteiger charge is 2.17. The highest BCUT2D eigenvalue weighted by molar-refractivity contribution is 8.00. The molecule has 2 N–H and O–H groups in total. The average Bonchev–Trinajstić information content (AvgIpc) is 2.97. The van der Waals surface area contributed by atoms with Gasteiger partial charge in [-0.05, 0) is 43.8 Å². The fourth-order valence-electron chi connectivity index (χ4n) is 2.26. The summed E-state index contributed by atoms with van der Waals surface area (Å²) in [5.74, 6) is 0.760. The Kier molecular flexibility index (Phi) is 6.20. The fourth-order valence-corrected chi connectivity index (χ4v) is 4.16. The van der Waals surface area contributed by atoms with Gasteiger partial charge in [-0.2, -0.15) is 0 Å². The van der Waals surface area contributed by atoms with Crippen LogP contribution in [0.25, 0.3) is 0 Å². The molecule has 3 nitrogen and oxygen atoms in total. The van der Waals surface area contributed by atoms with Crippen LogP contribution in [-0.2, 0) is 4.79 Å². The van der Waals surface area contributed by atoms with Crippen LogP contribution in [0.1, 0.15) is 37.1 Å². The van der Waals surface area contributed by atoms with Gasteiger partial charge < -0.3 is 10.6 Å². The first kappa shape index (κ1) is 14.9. The van der Waals surface area contributed by atoms with Gasteiger partial charge in [0.05, 0.1) is 11.8 Å². The molecule has 1 unspecified atom stereocenters.